The molecule has 0 aromatic heterocycles. The molecule has 1 aromatic carbocycles. The monoisotopic (exact) mass is 248 g/mol. The van der Waals surface area contributed by atoms with Crippen molar-refractivity contribution in [1.29, 1.82) is 0 Å². The van der Waals surface area contributed by atoms with Crippen LogP contribution in [0.5, 0.6) is 17.2 Å². The minimum atomic E-state index is 0.0764. The topological polar surface area (TPSA) is 44.8 Å². The number of fused-ring (bicyclic) bond motifs is 2. The fourth-order valence-electron chi connectivity index (χ4n) is 2.85. The van der Waals surface area contributed by atoms with Gasteiger partial charge in [-0.05, 0) is 13.8 Å². The lowest BCUT2D eigenvalue weighted by atomic mass is 9.97. The molecule has 3 rings (SSSR count). The molecule has 0 saturated carbocycles. The van der Waals surface area contributed by atoms with Crippen molar-refractivity contribution in [3.8, 4) is 17.2 Å². The molecule has 0 saturated heterocycles. The van der Waals surface area contributed by atoms with E-state index in [1.165, 1.54) is 0 Å². The fraction of sp³-hybridized carbons (Fsp3) is 0.500. The summed E-state index contributed by atoms with van der Waals surface area (Å²) in [4.78, 5) is 11.4. The summed E-state index contributed by atoms with van der Waals surface area (Å²) in [7, 11) is 1.63. The van der Waals surface area contributed by atoms with Gasteiger partial charge in [-0.2, -0.15) is 0 Å². The van der Waals surface area contributed by atoms with E-state index in [0.717, 1.165) is 41.8 Å². The van der Waals surface area contributed by atoms with Crippen LogP contribution in [0.4, 0.5) is 0 Å². The first-order valence-electron chi connectivity index (χ1n) is 6.19. The first-order chi connectivity index (χ1) is 8.65. The zero-order valence-electron chi connectivity index (χ0n) is 10.8. The third-order valence-corrected chi connectivity index (χ3v) is 3.54. The maximum atomic E-state index is 11.4. The zero-order valence-corrected chi connectivity index (χ0v) is 10.8. The summed E-state index contributed by atoms with van der Waals surface area (Å²) >= 11 is 0. The number of hydrogen-bond donors (Lipinski definition) is 0. The maximum Gasteiger partial charge on any atom is 0.168 e. The molecule has 0 bridgehead atoms. The summed E-state index contributed by atoms with van der Waals surface area (Å²) in [6.07, 6.45) is 2.51. The maximum absolute atomic E-state index is 11.4. The van der Waals surface area contributed by atoms with Crippen molar-refractivity contribution in [1.82, 2.24) is 0 Å². The molecule has 96 valence electrons. The Labute approximate surface area is 106 Å². The first-order valence-corrected chi connectivity index (χ1v) is 6.19. The van der Waals surface area contributed by atoms with Gasteiger partial charge in [-0.15, -0.1) is 0 Å². The molecule has 4 heteroatoms. The number of hydrogen-bond acceptors (Lipinski definition) is 4. The Balaban J connectivity index is 2.27. The number of carbonyl (C=O) groups is 1. The summed E-state index contributed by atoms with van der Waals surface area (Å²) in [5, 5.41) is 0. The van der Waals surface area contributed by atoms with Crippen LogP contribution in [-0.4, -0.2) is 25.6 Å². The zero-order chi connectivity index (χ0) is 12.9. The Morgan fingerprint density at radius 1 is 1.11 bits per heavy atom. The SMILES string of the molecule is COc1c2c(c(C=O)c3c1OC(C)C3)OC(C)C2. The van der Waals surface area contributed by atoms with Gasteiger partial charge in [0, 0.05) is 24.0 Å². The molecular formula is C14H16O4. The van der Waals surface area contributed by atoms with E-state index < -0.39 is 0 Å². The van der Waals surface area contributed by atoms with Gasteiger partial charge in [0.25, 0.3) is 0 Å². The second kappa shape index (κ2) is 3.90. The average molecular weight is 248 g/mol. The third kappa shape index (κ3) is 1.41. The molecular weight excluding hydrogens is 232 g/mol. The molecule has 0 fully saturated rings. The Morgan fingerprint density at radius 3 is 2.33 bits per heavy atom. The molecule has 2 atom stereocenters. The minimum absolute atomic E-state index is 0.0764. The lowest BCUT2D eigenvalue weighted by Crippen LogP contribution is -2.07. The van der Waals surface area contributed by atoms with Crippen LogP contribution in [0.25, 0.3) is 0 Å². The van der Waals surface area contributed by atoms with Gasteiger partial charge in [0.05, 0.1) is 12.7 Å². The van der Waals surface area contributed by atoms with Gasteiger partial charge in [-0.25, -0.2) is 0 Å². The van der Waals surface area contributed by atoms with E-state index in [9.17, 15) is 4.79 Å². The van der Waals surface area contributed by atoms with E-state index in [2.05, 4.69) is 0 Å². The van der Waals surface area contributed by atoms with Crippen LogP contribution in [0, 0.1) is 0 Å². The van der Waals surface area contributed by atoms with E-state index in [-0.39, 0.29) is 12.2 Å². The Hall–Kier alpha value is -1.71. The van der Waals surface area contributed by atoms with Crippen molar-refractivity contribution in [2.75, 3.05) is 7.11 Å². The first kappa shape index (κ1) is 11.4. The molecule has 2 aliphatic rings. The summed E-state index contributed by atoms with van der Waals surface area (Å²) < 4.78 is 17.0. The van der Waals surface area contributed by atoms with Crippen LogP contribution in [0.3, 0.4) is 0 Å². The number of aldehydes is 1. The quantitative estimate of drug-likeness (QED) is 0.752. The molecule has 2 aliphatic heterocycles. The predicted octanol–water partition coefficient (Wildman–Crippen LogP) is 2.15. The number of rotatable bonds is 2. The van der Waals surface area contributed by atoms with Gasteiger partial charge in [0.2, 0.25) is 0 Å². The van der Waals surface area contributed by atoms with Crippen molar-refractivity contribution >= 4 is 6.29 Å². The molecule has 0 aliphatic carbocycles. The van der Waals surface area contributed by atoms with Crippen molar-refractivity contribution < 1.29 is 19.0 Å². The normalized spacial score (nSPS) is 23.9. The summed E-state index contributed by atoms with van der Waals surface area (Å²) in [6.45, 7) is 3.98. The smallest absolute Gasteiger partial charge is 0.168 e. The number of ether oxygens (including phenoxy) is 3. The van der Waals surface area contributed by atoms with E-state index in [1.54, 1.807) is 7.11 Å². The van der Waals surface area contributed by atoms with E-state index >= 15 is 0 Å². The van der Waals surface area contributed by atoms with Crippen LogP contribution in [0.2, 0.25) is 0 Å². The third-order valence-electron chi connectivity index (χ3n) is 3.54. The van der Waals surface area contributed by atoms with Crippen molar-refractivity contribution in [2.45, 2.75) is 38.9 Å². The van der Waals surface area contributed by atoms with Crippen molar-refractivity contribution in [2.24, 2.45) is 0 Å². The van der Waals surface area contributed by atoms with E-state index in [4.69, 9.17) is 14.2 Å². The van der Waals surface area contributed by atoms with Crippen LogP contribution in [0.1, 0.15) is 35.3 Å². The highest BCUT2D eigenvalue weighted by Gasteiger charge is 2.36. The lowest BCUT2D eigenvalue weighted by molar-refractivity contribution is 0.111. The fourth-order valence-corrected chi connectivity index (χ4v) is 2.85. The van der Waals surface area contributed by atoms with Gasteiger partial charge >= 0.3 is 0 Å². The molecule has 2 unspecified atom stereocenters. The summed E-state index contributed by atoms with van der Waals surface area (Å²) in [6, 6.07) is 0. The highest BCUT2D eigenvalue weighted by Crippen LogP contribution is 2.50. The van der Waals surface area contributed by atoms with E-state index in [1.807, 2.05) is 13.8 Å². The van der Waals surface area contributed by atoms with Crippen molar-refractivity contribution in [3.05, 3.63) is 16.7 Å². The standard InChI is InChI=1S/C14H16O4/c1-7-4-9-11(6-15)12-10(5-8(2)17-12)13(16-3)14(9)18-7/h6-8H,4-5H2,1-3H3. The molecule has 0 N–H and O–H groups in total. The largest absolute Gasteiger partial charge is 0.492 e. The van der Waals surface area contributed by atoms with E-state index in [0.29, 0.717) is 11.3 Å². The molecule has 0 amide bonds. The lowest BCUT2D eigenvalue weighted by Gasteiger charge is -2.13. The van der Waals surface area contributed by atoms with Gasteiger partial charge in [-0.3, -0.25) is 4.79 Å². The summed E-state index contributed by atoms with van der Waals surface area (Å²) in [5.41, 5.74) is 2.51. The van der Waals surface area contributed by atoms with Crippen LogP contribution >= 0.6 is 0 Å². The average Bonchev–Trinajstić information content (AvgIpc) is 2.87. The number of methoxy groups -OCH3 is 1. The molecule has 0 radical (unpaired) electrons. The van der Waals surface area contributed by atoms with Gasteiger partial charge in [-0.1, -0.05) is 0 Å². The minimum Gasteiger partial charge on any atom is -0.492 e. The highest BCUT2D eigenvalue weighted by molar-refractivity contribution is 5.87. The molecule has 18 heavy (non-hydrogen) atoms. The Morgan fingerprint density at radius 2 is 1.72 bits per heavy atom. The molecule has 1 aromatic rings. The number of benzene rings is 1. The highest BCUT2D eigenvalue weighted by atomic mass is 16.5. The van der Waals surface area contributed by atoms with Gasteiger partial charge in [0.1, 0.15) is 18.0 Å². The van der Waals surface area contributed by atoms with Crippen LogP contribution in [-0.2, 0) is 12.8 Å². The van der Waals surface area contributed by atoms with Gasteiger partial charge < -0.3 is 14.2 Å². The van der Waals surface area contributed by atoms with Crippen LogP contribution < -0.4 is 14.2 Å². The molecule has 0 spiro atoms. The van der Waals surface area contributed by atoms with Crippen LogP contribution in [0.15, 0.2) is 0 Å². The Kier molecular flexibility index (Phi) is 2.47. The summed E-state index contributed by atoms with van der Waals surface area (Å²) in [5.74, 6) is 2.15. The predicted molar refractivity (Wildman–Crippen MR) is 66.0 cm³/mol. The second-order valence-corrected chi connectivity index (χ2v) is 4.95. The van der Waals surface area contributed by atoms with Gasteiger partial charge in [0.15, 0.2) is 17.8 Å². The second-order valence-electron chi connectivity index (χ2n) is 4.95. The number of carbonyl (C=O) groups excluding carboxylic acids is 1. The van der Waals surface area contributed by atoms with Crippen molar-refractivity contribution in [3.63, 3.8) is 0 Å². The molecule has 4 nitrogen and oxygen atoms in total. The Bertz CT molecular complexity index is 482. The molecule has 2 heterocycles.